The Labute approximate surface area is 172 Å². The quantitative estimate of drug-likeness (QED) is 0.493. The van der Waals surface area contributed by atoms with Crippen LogP contribution in [0.1, 0.15) is 53.4 Å². The highest BCUT2D eigenvalue weighted by molar-refractivity contribution is 7.11. The SMILES string of the molecule is CCNC(=NCc1ccc(C(=O)N(CC)CC)cc1)NCc1ccc(CC)s1. The van der Waals surface area contributed by atoms with Gasteiger partial charge in [0.05, 0.1) is 13.1 Å². The molecule has 1 amide bonds. The van der Waals surface area contributed by atoms with Crippen LogP contribution in [0.15, 0.2) is 41.4 Å². The number of hydrogen-bond acceptors (Lipinski definition) is 3. The molecule has 0 saturated heterocycles. The summed E-state index contributed by atoms with van der Waals surface area (Å²) in [5.74, 6) is 0.884. The van der Waals surface area contributed by atoms with E-state index in [-0.39, 0.29) is 5.91 Å². The normalized spacial score (nSPS) is 11.4. The van der Waals surface area contributed by atoms with E-state index in [1.54, 1.807) is 0 Å². The second-order valence-corrected chi connectivity index (χ2v) is 7.70. The molecular formula is C22H32N4OS. The molecule has 0 atom stereocenters. The summed E-state index contributed by atoms with van der Waals surface area (Å²) in [5.41, 5.74) is 1.81. The average Bonchev–Trinajstić information content (AvgIpc) is 3.19. The van der Waals surface area contributed by atoms with Crippen molar-refractivity contribution in [3.63, 3.8) is 0 Å². The zero-order valence-corrected chi connectivity index (χ0v) is 18.2. The second kappa shape index (κ2) is 11.5. The smallest absolute Gasteiger partial charge is 0.253 e. The van der Waals surface area contributed by atoms with Crippen LogP contribution in [0, 0.1) is 0 Å². The first-order valence-electron chi connectivity index (χ1n) is 10.1. The van der Waals surface area contributed by atoms with Crippen LogP contribution in [0.25, 0.3) is 0 Å². The summed E-state index contributed by atoms with van der Waals surface area (Å²) < 4.78 is 0. The maximum atomic E-state index is 12.4. The summed E-state index contributed by atoms with van der Waals surface area (Å²) in [6.07, 6.45) is 1.07. The number of guanidine groups is 1. The van der Waals surface area contributed by atoms with Crippen molar-refractivity contribution in [1.82, 2.24) is 15.5 Å². The van der Waals surface area contributed by atoms with Gasteiger partial charge in [-0.3, -0.25) is 4.79 Å². The van der Waals surface area contributed by atoms with Gasteiger partial charge in [-0.25, -0.2) is 4.99 Å². The highest BCUT2D eigenvalue weighted by Crippen LogP contribution is 2.16. The number of nitrogens with one attached hydrogen (secondary N) is 2. The Bertz CT molecular complexity index is 763. The Kier molecular flexibility index (Phi) is 9.01. The Morgan fingerprint density at radius 3 is 2.21 bits per heavy atom. The molecule has 0 radical (unpaired) electrons. The van der Waals surface area contributed by atoms with E-state index >= 15 is 0 Å². The number of thiophene rings is 1. The molecule has 0 bridgehead atoms. The van der Waals surface area contributed by atoms with Gasteiger partial charge in [0.1, 0.15) is 0 Å². The number of rotatable bonds is 9. The van der Waals surface area contributed by atoms with Gasteiger partial charge >= 0.3 is 0 Å². The van der Waals surface area contributed by atoms with Gasteiger partial charge in [0, 0.05) is 35.0 Å². The van der Waals surface area contributed by atoms with Gasteiger partial charge < -0.3 is 15.5 Å². The molecule has 2 aromatic rings. The molecule has 1 aromatic heterocycles. The number of aryl methyl sites for hydroxylation is 1. The van der Waals surface area contributed by atoms with Crippen molar-refractivity contribution in [2.45, 2.75) is 47.2 Å². The summed E-state index contributed by atoms with van der Waals surface area (Å²) in [6, 6.07) is 12.1. The van der Waals surface area contributed by atoms with Crippen molar-refractivity contribution in [2.24, 2.45) is 4.99 Å². The Morgan fingerprint density at radius 1 is 0.964 bits per heavy atom. The van der Waals surface area contributed by atoms with Crippen molar-refractivity contribution in [2.75, 3.05) is 19.6 Å². The van der Waals surface area contributed by atoms with Crippen molar-refractivity contribution in [3.05, 3.63) is 57.3 Å². The fourth-order valence-corrected chi connectivity index (χ4v) is 3.73. The molecule has 0 aliphatic heterocycles. The lowest BCUT2D eigenvalue weighted by Gasteiger charge is -2.18. The minimum absolute atomic E-state index is 0.0810. The molecule has 1 aromatic carbocycles. The highest BCUT2D eigenvalue weighted by atomic mass is 32.1. The Balaban J connectivity index is 1.96. The maximum Gasteiger partial charge on any atom is 0.253 e. The summed E-state index contributed by atoms with van der Waals surface area (Å²) >= 11 is 1.84. The van der Waals surface area contributed by atoms with E-state index in [9.17, 15) is 4.79 Å². The molecule has 0 aliphatic rings. The molecule has 0 fully saturated rings. The third-order valence-corrected chi connectivity index (χ3v) is 5.74. The monoisotopic (exact) mass is 400 g/mol. The largest absolute Gasteiger partial charge is 0.357 e. The molecule has 0 unspecified atom stereocenters. The molecular weight excluding hydrogens is 368 g/mol. The lowest BCUT2D eigenvalue weighted by atomic mass is 10.1. The number of carbonyl (C=O) groups is 1. The summed E-state index contributed by atoms with van der Waals surface area (Å²) in [6.45, 7) is 11.8. The van der Waals surface area contributed by atoms with E-state index < -0.39 is 0 Å². The topological polar surface area (TPSA) is 56.7 Å². The molecule has 5 nitrogen and oxygen atoms in total. The molecule has 2 N–H and O–H groups in total. The first-order valence-corrected chi connectivity index (χ1v) is 10.9. The van der Waals surface area contributed by atoms with E-state index in [1.165, 1.54) is 9.75 Å². The van der Waals surface area contributed by atoms with Crippen molar-refractivity contribution >= 4 is 23.2 Å². The first-order chi connectivity index (χ1) is 13.6. The summed E-state index contributed by atoms with van der Waals surface area (Å²) in [7, 11) is 0. The molecule has 152 valence electrons. The third kappa shape index (κ3) is 6.37. The van der Waals surface area contributed by atoms with Crippen LogP contribution in [0.5, 0.6) is 0 Å². The van der Waals surface area contributed by atoms with E-state index in [2.05, 4.69) is 41.6 Å². The first kappa shape index (κ1) is 22.0. The average molecular weight is 401 g/mol. The number of amides is 1. The highest BCUT2D eigenvalue weighted by Gasteiger charge is 2.11. The molecule has 28 heavy (non-hydrogen) atoms. The van der Waals surface area contributed by atoms with E-state index in [0.717, 1.165) is 49.7 Å². The molecule has 6 heteroatoms. The second-order valence-electron chi connectivity index (χ2n) is 6.44. The van der Waals surface area contributed by atoms with E-state index in [0.29, 0.717) is 6.54 Å². The fourth-order valence-electron chi connectivity index (χ4n) is 2.84. The zero-order chi connectivity index (χ0) is 20.4. The fraction of sp³-hybridized carbons (Fsp3) is 0.455. The van der Waals surface area contributed by atoms with Crippen LogP contribution >= 0.6 is 11.3 Å². The maximum absolute atomic E-state index is 12.4. The van der Waals surface area contributed by atoms with Crippen LogP contribution in [0.2, 0.25) is 0 Å². The lowest BCUT2D eigenvalue weighted by Crippen LogP contribution is -2.36. The van der Waals surface area contributed by atoms with Gasteiger partial charge in [-0.05, 0) is 57.0 Å². The number of nitrogens with zero attached hydrogens (tertiary/aromatic N) is 2. The standard InChI is InChI=1S/C22H32N4OS/c1-5-19-13-14-20(28-19)16-25-22(23-6-2)24-15-17-9-11-18(12-10-17)21(27)26(7-3)8-4/h9-14H,5-8,15-16H2,1-4H3,(H2,23,24,25). The van der Waals surface area contributed by atoms with Gasteiger partial charge in [0.2, 0.25) is 0 Å². The van der Waals surface area contributed by atoms with Gasteiger partial charge in [-0.1, -0.05) is 19.1 Å². The number of hydrogen-bond donors (Lipinski definition) is 2. The van der Waals surface area contributed by atoms with Gasteiger partial charge in [-0.15, -0.1) is 11.3 Å². The predicted molar refractivity (Wildman–Crippen MR) is 119 cm³/mol. The Hall–Kier alpha value is -2.34. The Morgan fingerprint density at radius 2 is 1.64 bits per heavy atom. The number of aliphatic imine (C=N–C) groups is 1. The molecule has 1 heterocycles. The van der Waals surface area contributed by atoms with Crippen LogP contribution < -0.4 is 10.6 Å². The predicted octanol–water partition coefficient (Wildman–Crippen LogP) is 4.05. The molecule has 0 spiro atoms. The molecule has 0 aliphatic carbocycles. The van der Waals surface area contributed by atoms with Crippen molar-refractivity contribution in [1.29, 1.82) is 0 Å². The van der Waals surface area contributed by atoms with Gasteiger partial charge in [-0.2, -0.15) is 0 Å². The minimum Gasteiger partial charge on any atom is -0.357 e. The summed E-state index contributed by atoms with van der Waals surface area (Å²) in [5, 5.41) is 6.68. The zero-order valence-electron chi connectivity index (χ0n) is 17.4. The number of benzene rings is 1. The minimum atomic E-state index is 0.0810. The van der Waals surface area contributed by atoms with Crippen molar-refractivity contribution < 1.29 is 4.79 Å². The van der Waals surface area contributed by atoms with Crippen LogP contribution in [-0.2, 0) is 19.5 Å². The van der Waals surface area contributed by atoms with Crippen molar-refractivity contribution in [3.8, 4) is 0 Å². The van der Waals surface area contributed by atoms with Crippen LogP contribution in [0.3, 0.4) is 0 Å². The van der Waals surface area contributed by atoms with Gasteiger partial charge in [0.15, 0.2) is 5.96 Å². The molecule has 0 saturated carbocycles. The van der Waals surface area contributed by atoms with Crippen LogP contribution in [-0.4, -0.2) is 36.4 Å². The van der Waals surface area contributed by atoms with E-state index in [1.807, 2.05) is 54.3 Å². The van der Waals surface area contributed by atoms with Gasteiger partial charge in [0.25, 0.3) is 5.91 Å². The van der Waals surface area contributed by atoms with E-state index in [4.69, 9.17) is 0 Å². The lowest BCUT2D eigenvalue weighted by molar-refractivity contribution is 0.0773. The van der Waals surface area contributed by atoms with Crippen LogP contribution in [0.4, 0.5) is 0 Å². The third-order valence-electron chi connectivity index (χ3n) is 4.51. The molecule has 2 rings (SSSR count). The summed E-state index contributed by atoms with van der Waals surface area (Å²) in [4.78, 5) is 21.6. The number of carbonyl (C=O) groups excluding carboxylic acids is 1.